The zero-order valence-corrected chi connectivity index (χ0v) is 24.6. The van der Waals surface area contributed by atoms with E-state index in [9.17, 15) is 24.5 Å². The van der Waals surface area contributed by atoms with E-state index in [4.69, 9.17) is 39.3 Å². The maximum atomic E-state index is 11.9. The van der Waals surface area contributed by atoms with Crippen molar-refractivity contribution in [1.82, 2.24) is 10.6 Å². The molecule has 0 saturated heterocycles. The lowest BCUT2D eigenvalue weighted by Gasteiger charge is -2.11. The Kier molecular flexibility index (Phi) is 19.4. The molecular weight excluding hydrogens is 580 g/mol. The van der Waals surface area contributed by atoms with Crippen molar-refractivity contribution in [2.45, 2.75) is 25.5 Å². The van der Waals surface area contributed by atoms with Crippen LogP contribution in [0.15, 0.2) is 12.1 Å². The minimum atomic E-state index is -1.09. The lowest BCUT2D eigenvalue weighted by Crippen LogP contribution is -2.33. The molecule has 0 bridgehead atoms. The summed E-state index contributed by atoms with van der Waals surface area (Å²) in [6.07, 6.45) is 0.438. The van der Waals surface area contributed by atoms with Crippen LogP contribution in [0.25, 0.3) is 0 Å². The van der Waals surface area contributed by atoms with Crippen molar-refractivity contribution in [1.29, 1.82) is 0 Å². The van der Waals surface area contributed by atoms with Crippen molar-refractivity contribution >= 4 is 35.4 Å². The number of aliphatic carboxylic acids is 1. The highest BCUT2D eigenvalue weighted by molar-refractivity contribution is 8.00. The molecule has 238 valence electrons. The lowest BCUT2D eigenvalue weighted by molar-refractivity contribution is -0.385. The molecule has 1 rings (SSSR count). The van der Waals surface area contributed by atoms with E-state index < -0.39 is 23.0 Å². The number of nitro groups is 1. The fourth-order valence-electron chi connectivity index (χ4n) is 3.10. The van der Waals surface area contributed by atoms with Crippen LogP contribution >= 0.6 is 11.8 Å². The van der Waals surface area contributed by atoms with E-state index in [1.807, 2.05) is 0 Å². The first kappa shape index (κ1) is 36.6. The normalized spacial score (nSPS) is 11.4. The molecule has 0 aliphatic rings. The zero-order chi connectivity index (χ0) is 31.2. The number of amides is 2. The third kappa shape index (κ3) is 16.2. The van der Waals surface area contributed by atoms with Gasteiger partial charge >= 0.3 is 12.1 Å². The van der Waals surface area contributed by atoms with E-state index in [0.29, 0.717) is 65.6 Å². The Hall–Kier alpha value is -3.38. The number of carbonyl (C=O) groups excluding carboxylic acids is 2. The van der Waals surface area contributed by atoms with Crippen LogP contribution in [-0.4, -0.2) is 112 Å². The molecule has 42 heavy (non-hydrogen) atoms. The van der Waals surface area contributed by atoms with E-state index >= 15 is 0 Å². The molecule has 16 nitrogen and oxygen atoms in total. The molecule has 1 aromatic rings. The SMILES string of the molecule is COc1cc(COC(=O)NCCCOCCOCCOCCCNC(=O)CSC[C@H](N)C(=O)O)c([N+](=O)[O-])cc1OC. The summed E-state index contributed by atoms with van der Waals surface area (Å²) in [4.78, 5) is 44.9. The number of thioether (sulfide) groups is 1. The Bertz CT molecular complexity index is 985. The smallest absolute Gasteiger partial charge is 0.407 e. The van der Waals surface area contributed by atoms with Crippen LogP contribution in [0.3, 0.4) is 0 Å². The van der Waals surface area contributed by atoms with Gasteiger partial charge in [0.1, 0.15) is 12.6 Å². The van der Waals surface area contributed by atoms with Gasteiger partial charge in [-0.25, -0.2) is 4.79 Å². The Morgan fingerprint density at radius 1 is 0.952 bits per heavy atom. The van der Waals surface area contributed by atoms with E-state index in [1.54, 1.807) is 0 Å². The number of rotatable bonds is 24. The van der Waals surface area contributed by atoms with Crippen molar-refractivity contribution in [2.24, 2.45) is 5.73 Å². The van der Waals surface area contributed by atoms with Crippen LogP contribution in [0.5, 0.6) is 11.5 Å². The van der Waals surface area contributed by atoms with E-state index in [1.165, 1.54) is 38.1 Å². The van der Waals surface area contributed by atoms with E-state index in [2.05, 4.69) is 10.6 Å². The average molecular weight is 621 g/mol. The van der Waals surface area contributed by atoms with Crippen LogP contribution in [0.1, 0.15) is 18.4 Å². The monoisotopic (exact) mass is 620 g/mol. The van der Waals surface area contributed by atoms with Gasteiger partial charge in [-0.1, -0.05) is 0 Å². The van der Waals surface area contributed by atoms with Gasteiger partial charge in [0.15, 0.2) is 11.5 Å². The number of ether oxygens (including phenoxy) is 6. The third-order valence-corrected chi connectivity index (χ3v) is 6.32. The number of alkyl carbamates (subject to hydrolysis) is 1. The van der Waals surface area contributed by atoms with Crippen LogP contribution in [-0.2, 0) is 35.1 Å². The molecule has 0 fully saturated rings. The minimum Gasteiger partial charge on any atom is -0.493 e. The molecular formula is C25H40N4O12S. The van der Waals surface area contributed by atoms with Gasteiger partial charge in [0.2, 0.25) is 5.91 Å². The Morgan fingerprint density at radius 3 is 2.05 bits per heavy atom. The van der Waals surface area contributed by atoms with E-state index in [0.717, 1.165) is 0 Å². The predicted molar refractivity (Wildman–Crippen MR) is 152 cm³/mol. The highest BCUT2D eigenvalue weighted by Crippen LogP contribution is 2.34. The summed E-state index contributed by atoms with van der Waals surface area (Å²) in [5.41, 5.74) is 5.28. The highest BCUT2D eigenvalue weighted by Gasteiger charge is 2.20. The van der Waals surface area contributed by atoms with Crippen molar-refractivity contribution in [2.75, 3.05) is 78.5 Å². The molecule has 0 aliphatic heterocycles. The second kappa shape index (κ2) is 22.2. The van der Waals surface area contributed by atoms with Crippen LogP contribution in [0.4, 0.5) is 10.5 Å². The Balaban J connectivity index is 1.98. The summed E-state index contributed by atoms with van der Waals surface area (Å²) < 4.78 is 31.6. The Labute approximate surface area is 248 Å². The molecule has 0 heterocycles. The first-order valence-electron chi connectivity index (χ1n) is 13.1. The molecule has 1 aromatic carbocycles. The van der Waals surface area contributed by atoms with Crippen LogP contribution in [0, 0.1) is 10.1 Å². The summed E-state index contributed by atoms with van der Waals surface area (Å²) >= 11 is 1.17. The third-order valence-electron chi connectivity index (χ3n) is 5.25. The van der Waals surface area contributed by atoms with Gasteiger partial charge in [-0.15, -0.1) is 11.8 Å². The second-order valence-electron chi connectivity index (χ2n) is 8.45. The van der Waals surface area contributed by atoms with Gasteiger partial charge in [-0.05, 0) is 18.9 Å². The number of nitro benzene ring substituents is 1. The number of benzene rings is 1. The highest BCUT2D eigenvalue weighted by atomic mass is 32.2. The van der Waals surface area contributed by atoms with Crippen LogP contribution < -0.4 is 25.8 Å². The van der Waals surface area contributed by atoms with Crippen molar-refractivity contribution in [3.63, 3.8) is 0 Å². The maximum Gasteiger partial charge on any atom is 0.407 e. The van der Waals surface area contributed by atoms with Gasteiger partial charge in [0, 0.05) is 32.1 Å². The van der Waals surface area contributed by atoms with Gasteiger partial charge < -0.3 is 49.9 Å². The Morgan fingerprint density at radius 2 is 1.50 bits per heavy atom. The van der Waals surface area contributed by atoms with Gasteiger partial charge in [-0.2, -0.15) is 0 Å². The van der Waals surface area contributed by atoms with Gasteiger partial charge in [-0.3, -0.25) is 19.7 Å². The van der Waals surface area contributed by atoms with E-state index in [-0.39, 0.29) is 46.8 Å². The summed E-state index contributed by atoms with van der Waals surface area (Å²) in [6.45, 7) is 2.80. The zero-order valence-electron chi connectivity index (χ0n) is 23.8. The number of carboxylic acids is 1. The number of hydrogen-bond donors (Lipinski definition) is 4. The molecule has 0 saturated carbocycles. The quantitative estimate of drug-likeness (QED) is 0.0718. The van der Waals surface area contributed by atoms with Gasteiger partial charge in [0.25, 0.3) is 5.69 Å². The molecule has 1 atom stereocenters. The number of nitrogens with zero attached hydrogens (tertiary/aromatic N) is 1. The summed E-state index contributed by atoms with van der Waals surface area (Å²) in [7, 11) is 2.76. The summed E-state index contributed by atoms with van der Waals surface area (Å²) in [6, 6.07) is 1.62. The number of methoxy groups -OCH3 is 2. The van der Waals surface area contributed by atoms with Crippen molar-refractivity contribution in [3.8, 4) is 11.5 Å². The predicted octanol–water partition coefficient (Wildman–Crippen LogP) is 0.930. The molecule has 0 unspecified atom stereocenters. The number of hydrogen-bond acceptors (Lipinski definition) is 13. The molecule has 0 aliphatic carbocycles. The lowest BCUT2D eigenvalue weighted by atomic mass is 10.1. The number of carbonyl (C=O) groups is 3. The van der Waals surface area contributed by atoms with Crippen molar-refractivity contribution < 1.29 is 52.8 Å². The number of nitrogens with two attached hydrogens (primary N) is 1. The molecule has 17 heteroatoms. The summed E-state index contributed by atoms with van der Waals surface area (Å²) in [5, 5.41) is 25.3. The molecule has 0 aromatic heterocycles. The maximum absolute atomic E-state index is 11.9. The minimum absolute atomic E-state index is 0.150. The topological polar surface area (TPSA) is 220 Å². The molecule has 0 spiro atoms. The average Bonchev–Trinajstić information content (AvgIpc) is 2.97. The molecule has 0 radical (unpaired) electrons. The largest absolute Gasteiger partial charge is 0.493 e. The first-order chi connectivity index (χ1) is 20.2. The standard InChI is InChI=1S/C25H40N4O12S/c1-36-21-13-18(20(29(34)35)14-22(21)37-2)15-41-25(33)28-6-4-8-39-10-12-40-11-9-38-7-3-5-27-23(30)17-42-16-19(26)24(31)32/h13-14,19H,3-12,15-17,26H2,1-2H3,(H,27,30)(H,28,33)(H,31,32)/t19-/m0/s1. The second-order valence-corrected chi connectivity index (χ2v) is 9.48. The first-order valence-corrected chi connectivity index (χ1v) is 14.2. The number of carboxylic acid groups (broad SMARTS) is 1. The number of nitrogens with one attached hydrogen (secondary N) is 2. The fourth-order valence-corrected chi connectivity index (χ4v) is 3.90. The van der Waals surface area contributed by atoms with Crippen LogP contribution in [0.2, 0.25) is 0 Å². The fraction of sp³-hybridized carbons (Fsp3) is 0.640. The van der Waals surface area contributed by atoms with Gasteiger partial charge in [0.05, 0.1) is 63.0 Å². The van der Waals surface area contributed by atoms with Crippen molar-refractivity contribution in [3.05, 3.63) is 27.8 Å². The molecule has 2 amide bonds. The summed E-state index contributed by atoms with van der Waals surface area (Å²) in [5.74, 6) is -0.476. The molecule has 5 N–H and O–H groups in total.